The number of carbonyl (C=O) groups excluding carboxylic acids is 3. The molecule has 6 atom stereocenters. The van der Waals surface area contributed by atoms with E-state index in [-0.39, 0.29) is 29.7 Å². The first-order valence-corrected chi connectivity index (χ1v) is 13.3. The summed E-state index contributed by atoms with van der Waals surface area (Å²) in [5, 5.41) is 48.8. The molecule has 0 aliphatic heterocycles. The Morgan fingerprint density at radius 3 is 2.38 bits per heavy atom. The average molecular weight is 545 g/mol. The zero-order valence-corrected chi connectivity index (χ0v) is 23.4. The van der Waals surface area contributed by atoms with Gasteiger partial charge in [0.25, 0.3) is 0 Å². The molecule has 3 aliphatic rings. The van der Waals surface area contributed by atoms with Crippen molar-refractivity contribution < 1.29 is 34.8 Å². The van der Waals surface area contributed by atoms with Gasteiger partial charge in [-0.15, -0.1) is 0 Å². The van der Waals surface area contributed by atoms with Crippen molar-refractivity contribution in [3.8, 4) is 5.75 Å². The van der Waals surface area contributed by atoms with Crippen LogP contribution < -0.4 is 16.0 Å². The molecule has 39 heavy (non-hydrogen) atoms. The number of phenols is 1. The van der Waals surface area contributed by atoms with E-state index in [0.29, 0.717) is 30.1 Å². The molecule has 2 fully saturated rings. The molecule has 214 valence electrons. The molecule has 0 radical (unpaired) electrons. The number of fused-ring (bicyclic) bond motifs is 3. The third-order valence-electron chi connectivity index (χ3n) is 8.49. The Balaban J connectivity index is 1.89. The molecule has 0 spiro atoms. The molecule has 1 amide bonds. The number of aliphatic hydroxyl groups is 3. The zero-order chi connectivity index (χ0) is 29.1. The number of Topliss-reactive ketones (excluding diaryl/α,β-unsaturated/α-hetero) is 2. The molecule has 4 rings (SSSR count). The maximum atomic E-state index is 14.0. The lowest BCUT2D eigenvalue weighted by molar-refractivity contribution is -0.184. The summed E-state index contributed by atoms with van der Waals surface area (Å²) in [6.07, 6.45) is -1.17. The van der Waals surface area contributed by atoms with E-state index in [1.54, 1.807) is 19.0 Å². The number of amides is 1. The quantitative estimate of drug-likeness (QED) is 0.255. The number of hydrogen-bond acceptors (Lipinski definition) is 10. The minimum absolute atomic E-state index is 0.0868. The number of nitrogens with two attached hydrogens (primary N) is 1. The number of nitrogens with one attached hydrogen (secondary N) is 1. The maximum Gasteiger partial charge on any atom is 0.230 e. The van der Waals surface area contributed by atoms with Crippen molar-refractivity contribution in [2.24, 2.45) is 29.4 Å². The van der Waals surface area contributed by atoms with Crippen molar-refractivity contribution in [2.75, 3.05) is 39.6 Å². The number of hydrogen-bond donors (Lipinski definition) is 6. The number of ketones is 2. The lowest BCUT2D eigenvalue weighted by atomic mass is 9.54. The molecule has 3 unspecified atom stereocenters. The number of rotatable bonds is 7. The highest BCUT2D eigenvalue weighted by Gasteiger charge is 2.67. The Kier molecular flexibility index (Phi) is 7.59. The number of aromatic hydroxyl groups is 1. The van der Waals surface area contributed by atoms with Crippen LogP contribution in [-0.4, -0.2) is 95.3 Å². The van der Waals surface area contributed by atoms with E-state index < -0.39 is 58.7 Å². The second-order valence-electron chi connectivity index (χ2n) is 12.0. The Morgan fingerprint density at radius 2 is 1.85 bits per heavy atom. The van der Waals surface area contributed by atoms with Crippen LogP contribution in [0.3, 0.4) is 0 Å². The maximum absolute atomic E-state index is 14.0. The number of likely N-dealkylation sites (N-methyl/N-ethyl adjacent to an activating group) is 1. The fraction of sp³-hybridized carbons (Fsp3) is 0.607. The van der Waals surface area contributed by atoms with E-state index in [1.807, 2.05) is 25.1 Å². The number of phenolic OH excluding ortho intramolecular Hbond substituents is 1. The van der Waals surface area contributed by atoms with Crippen LogP contribution in [0.15, 0.2) is 11.6 Å². The second kappa shape index (κ2) is 10.2. The second-order valence-corrected chi connectivity index (χ2v) is 12.0. The van der Waals surface area contributed by atoms with E-state index >= 15 is 0 Å². The Labute approximate surface area is 228 Å². The van der Waals surface area contributed by atoms with Crippen molar-refractivity contribution in [2.45, 2.75) is 51.0 Å². The third kappa shape index (κ3) is 4.41. The predicted molar refractivity (Wildman–Crippen MR) is 145 cm³/mol. The van der Waals surface area contributed by atoms with E-state index in [2.05, 4.69) is 19.2 Å². The Morgan fingerprint density at radius 1 is 1.21 bits per heavy atom. The van der Waals surface area contributed by atoms with Crippen LogP contribution in [0.4, 0.5) is 5.69 Å². The first-order chi connectivity index (χ1) is 18.1. The molecule has 7 N–H and O–H groups in total. The molecule has 3 aliphatic carbocycles. The average Bonchev–Trinajstić information content (AvgIpc) is 2.81. The van der Waals surface area contributed by atoms with Crippen molar-refractivity contribution in [3.05, 3.63) is 28.3 Å². The van der Waals surface area contributed by atoms with E-state index in [1.165, 1.54) is 0 Å². The lowest BCUT2D eigenvalue weighted by Crippen LogP contribution is -2.73. The molecular formula is C28H40N4O7. The van der Waals surface area contributed by atoms with Gasteiger partial charge in [-0.2, -0.15) is 0 Å². The van der Waals surface area contributed by atoms with Gasteiger partial charge in [-0.3, -0.25) is 14.4 Å². The molecule has 11 heteroatoms. The number of primary amides is 1. The highest BCUT2D eigenvalue weighted by Crippen LogP contribution is 2.53. The number of benzene rings is 1. The largest absolute Gasteiger partial charge is 0.507 e. The molecule has 0 aromatic heterocycles. The minimum Gasteiger partial charge on any atom is -0.507 e. The molecule has 0 heterocycles. The SMILES string of the molecule is CC(C)CNCc1cc(N(C)C)c2c(c1O)C(O)=C1C(=O)[C@]3(O)C(=O)C(C(N)=O)C(O)C(N(C)C)[C@@H]3C[C@@H]1C2. The van der Waals surface area contributed by atoms with Crippen molar-refractivity contribution in [3.63, 3.8) is 0 Å². The fourth-order valence-electron chi connectivity index (χ4n) is 6.74. The van der Waals surface area contributed by atoms with Gasteiger partial charge < -0.3 is 41.3 Å². The number of carbonyl (C=O) groups is 3. The van der Waals surface area contributed by atoms with Crippen LogP contribution in [0.5, 0.6) is 5.75 Å². The molecule has 0 bridgehead atoms. The first kappa shape index (κ1) is 29.0. The predicted octanol–water partition coefficient (Wildman–Crippen LogP) is -0.0594. The first-order valence-electron chi connectivity index (χ1n) is 13.3. The lowest BCUT2D eigenvalue weighted by Gasteiger charge is -2.53. The number of aliphatic hydroxyl groups excluding tert-OH is 2. The van der Waals surface area contributed by atoms with Crippen LogP contribution in [0.1, 0.15) is 37.0 Å². The minimum atomic E-state index is -2.67. The normalized spacial score (nSPS) is 30.4. The van der Waals surface area contributed by atoms with E-state index in [0.717, 1.165) is 5.69 Å². The van der Waals surface area contributed by atoms with Crippen LogP contribution in [-0.2, 0) is 27.3 Å². The molecule has 11 nitrogen and oxygen atoms in total. The van der Waals surface area contributed by atoms with E-state index in [9.17, 15) is 34.8 Å². The van der Waals surface area contributed by atoms with Gasteiger partial charge >= 0.3 is 0 Å². The molecule has 0 saturated heterocycles. The van der Waals surface area contributed by atoms with E-state index in [4.69, 9.17) is 5.73 Å². The molecule has 1 aromatic carbocycles. The van der Waals surface area contributed by atoms with Gasteiger partial charge in [0.05, 0.1) is 11.7 Å². The van der Waals surface area contributed by atoms with Crippen molar-refractivity contribution >= 4 is 28.9 Å². The van der Waals surface area contributed by atoms with Gasteiger partial charge in [-0.05, 0) is 56.9 Å². The number of nitrogens with zero attached hydrogens (tertiary/aromatic N) is 2. The molecule has 2 saturated carbocycles. The van der Waals surface area contributed by atoms with Crippen LogP contribution in [0.25, 0.3) is 5.76 Å². The summed E-state index contributed by atoms with van der Waals surface area (Å²) in [6, 6.07) is 0.935. The Hall–Kier alpha value is -2.99. The zero-order valence-electron chi connectivity index (χ0n) is 23.4. The van der Waals surface area contributed by atoms with Crippen molar-refractivity contribution in [1.29, 1.82) is 0 Å². The number of anilines is 1. The summed E-state index contributed by atoms with van der Waals surface area (Å²) in [5.41, 5.74) is 4.66. The van der Waals surface area contributed by atoms with Gasteiger partial charge in [0, 0.05) is 49.4 Å². The fourth-order valence-corrected chi connectivity index (χ4v) is 6.74. The molecule has 1 aromatic rings. The highest BCUT2D eigenvalue weighted by molar-refractivity contribution is 6.25. The topological polar surface area (TPSA) is 177 Å². The van der Waals surface area contributed by atoms with Crippen LogP contribution >= 0.6 is 0 Å². The molecular weight excluding hydrogens is 504 g/mol. The third-order valence-corrected chi connectivity index (χ3v) is 8.49. The Bertz CT molecular complexity index is 1240. The summed E-state index contributed by atoms with van der Waals surface area (Å²) in [7, 11) is 6.95. The summed E-state index contributed by atoms with van der Waals surface area (Å²) < 4.78 is 0. The van der Waals surface area contributed by atoms with Gasteiger partial charge in [-0.25, -0.2) is 0 Å². The van der Waals surface area contributed by atoms with Gasteiger partial charge in [0.15, 0.2) is 11.4 Å². The monoisotopic (exact) mass is 544 g/mol. The standard InChI is InChI=1S/C28H40N4O7/c1-12(2)10-30-11-14-9-17(31(3)4)15-7-13-8-16-21(32(5)6)24(35)20(27(29)38)26(37)28(16,39)25(36)18(13)23(34)19(15)22(14)33/h9,12-13,16,20-21,24,30,33-35,39H,7-8,10-11H2,1-6H3,(H2,29,38)/t13-,16-,20?,21?,24?,28-/m0/s1. The highest BCUT2D eigenvalue weighted by atomic mass is 16.3. The summed E-state index contributed by atoms with van der Waals surface area (Å²) in [5.74, 6) is -7.02. The van der Waals surface area contributed by atoms with Gasteiger partial charge in [-0.1, -0.05) is 13.8 Å². The van der Waals surface area contributed by atoms with Crippen LogP contribution in [0, 0.1) is 23.7 Å². The van der Waals surface area contributed by atoms with Gasteiger partial charge in [0.1, 0.15) is 17.4 Å². The van der Waals surface area contributed by atoms with Gasteiger partial charge in [0.2, 0.25) is 11.7 Å². The smallest absolute Gasteiger partial charge is 0.230 e. The summed E-state index contributed by atoms with van der Waals surface area (Å²) in [6.45, 7) is 5.15. The van der Waals surface area contributed by atoms with Crippen molar-refractivity contribution in [1.82, 2.24) is 10.2 Å². The summed E-state index contributed by atoms with van der Waals surface area (Å²) in [4.78, 5) is 43.1. The summed E-state index contributed by atoms with van der Waals surface area (Å²) >= 11 is 0. The van der Waals surface area contributed by atoms with Crippen LogP contribution in [0.2, 0.25) is 0 Å².